The van der Waals surface area contributed by atoms with E-state index in [0.29, 0.717) is 0 Å². The van der Waals surface area contributed by atoms with Crippen molar-refractivity contribution < 1.29 is 9.47 Å². The average molecular weight is 236 g/mol. The van der Waals surface area contributed by atoms with Crippen molar-refractivity contribution in [3.8, 4) is 0 Å². The molecule has 0 aliphatic heterocycles. The van der Waals surface area contributed by atoms with Gasteiger partial charge in [-0.1, -0.05) is 56.7 Å². The lowest BCUT2D eigenvalue weighted by atomic mass is 10.5. The maximum atomic E-state index is 4.75. The molecular weight excluding hydrogens is 200 g/mol. The van der Waals surface area contributed by atoms with E-state index in [1.54, 1.807) is 0 Å². The Kier molecular flexibility index (Phi) is 109. The van der Waals surface area contributed by atoms with Crippen molar-refractivity contribution >= 4 is 0 Å². The molecule has 0 saturated carbocycles. The first-order valence-corrected chi connectivity index (χ1v) is 4.28. The van der Waals surface area contributed by atoms with Crippen molar-refractivity contribution in [3.63, 3.8) is 0 Å². The van der Waals surface area contributed by atoms with Crippen LogP contribution in [0.15, 0.2) is 25.7 Å². The molecule has 0 aliphatic carbocycles. The Morgan fingerprint density at radius 1 is 0.750 bits per heavy atom. The predicted octanol–water partition coefficient (Wildman–Crippen LogP) is 5.66. The van der Waals surface area contributed by atoms with Gasteiger partial charge in [0.1, 0.15) is 0 Å². The summed E-state index contributed by atoms with van der Waals surface area (Å²) in [5, 5.41) is 0. The molecule has 2 heteroatoms. The van der Waals surface area contributed by atoms with Gasteiger partial charge in [0.05, 0.1) is 25.7 Å². The van der Waals surface area contributed by atoms with Crippen LogP contribution in [0.1, 0.15) is 56.4 Å². The van der Waals surface area contributed by atoms with E-state index in [1.807, 2.05) is 0 Å². The van der Waals surface area contributed by atoms with E-state index in [0.717, 1.165) is 26.1 Å². The molecule has 0 N–H and O–H groups in total. The Balaban J connectivity index is -0.0000000250. The van der Waals surface area contributed by atoms with Gasteiger partial charge in [-0.05, 0) is 12.8 Å². The summed E-state index contributed by atoms with van der Waals surface area (Å²) in [6.45, 7) is 12.5. The van der Waals surface area contributed by atoms with Crippen LogP contribution in [-0.4, -0.2) is 13.2 Å². The van der Waals surface area contributed by atoms with Crippen molar-refractivity contribution in [1.29, 1.82) is 0 Å². The van der Waals surface area contributed by atoms with Gasteiger partial charge in [0.2, 0.25) is 0 Å². The highest BCUT2D eigenvalue weighted by Crippen LogP contribution is 1.76. The van der Waals surface area contributed by atoms with Crippen molar-refractivity contribution in [1.82, 2.24) is 0 Å². The molecule has 0 saturated heterocycles. The van der Waals surface area contributed by atoms with Crippen molar-refractivity contribution in [3.05, 3.63) is 25.7 Å². The minimum atomic E-state index is 0. The van der Waals surface area contributed by atoms with Gasteiger partial charge in [0.25, 0.3) is 0 Å². The van der Waals surface area contributed by atoms with E-state index >= 15 is 0 Å². The maximum Gasteiger partial charge on any atom is 0.0870 e. The van der Waals surface area contributed by atoms with Gasteiger partial charge >= 0.3 is 0 Å². The van der Waals surface area contributed by atoms with Crippen LogP contribution >= 0.6 is 0 Å². The average Bonchev–Trinajstić information content (AvgIpc) is 2.12. The number of ether oxygens (including phenoxy) is 2. The van der Waals surface area contributed by atoms with Crippen molar-refractivity contribution in [2.24, 2.45) is 0 Å². The highest BCUT2D eigenvalue weighted by Gasteiger charge is 1.69. The molecule has 0 aromatic heterocycles. The monoisotopic (exact) mass is 236 g/mol. The fraction of sp³-hybridized carbons (Fsp3) is 0.714. The molecule has 0 fully saturated rings. The minimum Gasteiger partial charge on any atom is -0.502 e. The van der Waals surface area contributed by atoms with Crippen LogP contribution in [0.5, 0.6) is 0 Å². The lowest BCUT2D eigenvalue weighted by molar-refractivity contribution is 0.251. The van der Waals surface area contributed by atoms with Gasteiger partial charge in [0.15, 0.2) is 0 Å². The Morgan fingerprint density at radius 3 is 1.06 bits per heavy atom. The van der Waals surface area contributed by atoms with E-state index in [1.165, 1.54) is 12.5 Å². The first-order valence-electron chi connectivity index (χ1n) is 4.28. The summed E-state index contributed by atoms with van der Waals surface area (Å²) >= 11 is 0. The molecule has 0 heterocycles. The van der Waals surface area contributed by atoms with Crippen LogP contribution in [0, 0.1) is 0 Å². The molecule has 16 heavy (non-hydrogen) atoms. The molecule has 2 nitrogen and oxygen atoms in total. The first-order chi connectivity index (χ1) is 5.83. The Bertz CT molecular complexity index is 78.7. The van der Waals surface area contributed by atoms with Crippen LogP contribution < -0.4 is 0 Å². The van der Waals surface area contributed by atoms with Crippen LogP contribution in [-0.2, 0) is 9.47 Å². The van der Waals surface area contributed by atoms with Gasteiger partial charge in [0, 0.05) is 0 Å². The molecule has 104 valence electrons. The quantitative estimate of drug-likeness (QED) is 0.438. The molecular formula is C14H36O2. The molecule has 0 aromatic rings. The highest BCUT2D eigenvalue weighted by molar-refractivity contribution is 4.47. The zero-order valence-electron chi connectivity index (χ0n) is 8.21. The summed E-state index contributed by atoms with van der Waals surface area (Å²) in [7, 11) is 0. The normalized spacial score (nSPS) is 5.62. The van der Waals surface area contributed by atoms with E-state index in [-0.39, 0.29) is 29.7 Å². The number of rotatable bonds is 6. The second kappa shape index (κ2) is 48.1. The molecule has 0 aliphatic rings. The lowest BCUT2D eigenvalue weighted by Crippen LogP contribution is -1.79. The van der Waals surface area contributed by atoms with E-state index in [9.17, 15) is 0 Å². The topological polar surface area (TPSA) is 18.5 Å². The summed E-state index contributed by atoms with van der Waals surface area (Å²) in [5.41, 5.74) is 0. The van der Waals surface area contributed by atoms with Crippen LogP contribution in [0.25, 0.3) is 0 Å². The second-order valence-electron chi connectivity index (χ2n) is 2.07. The molecule has 0 unspecified atom stereocenters. The lowest BCUT2D eigenvalue weighted by Gasteiger charge is -1.90. The fourth-order valence-corrected chi connectivity index (χ4v) is 0.402. The zero-order valence-corrected chi connectivity index (χ0v) is 8.21. The molecule has 0 radical (unpaired) electrons. The summed E-state index contributed by atoms with van der Waals surface area (Å²) < 4.78 is 9.49. The summed E-state index contributed by atoms with van der Waals surface area (Å²) in [4.78, 5) is 0. The third kappa shape index (κ3) is 74.0. The van der Waals surface area contributed by atoms with Gasteiger partial charge in [-0.15, -0.1) is 0 Å². The largest absolute Gasteiger partial charge is 0.502 e. The minimum absolute atomic E-state index is 0. The van der Waals surface area contributed by atoms with Gasteiger partial charge in [-0.3, -0.25) is 0 Å². The number of hydrogen-bond donors (Lipinski definition) is 0. The molecule has 0 atom stereocenters. The molecule has 0 bridgehead atoms. The van der Waals surface area contributed by atoms with E-state index in [2.05, 4.69) is 27.0 Å². The Hall–Kier alpha value is -0.920. The smallest absolute Gasteiger partial charge is 0.0870 e. The first kappa shape index (κ1) is 36.3. The fourth-order valence-electron chi connectivity index (χ4n) is 0.402. The maximum absolute atomic E-state index is 4.75. The summed E-state index contributed by atoms with van der Waals surface area (Å²) in [6, 6.07) is 0. The Labute approximate surface area is 105 Å². The summed E-state index contributed by atoms with van der Waals surface area (Å²) in [6.07, 6.45) is 5.05. The van der Waals surface area contributed by atoms with Crippen LogP contribution in [0.2, 0.25) is 0 Å². The molecule has 0 rings (SSSR count). The van der Waals surface area contributed by atoms with Crippen molar-refractivity contribution in [2.45, 2.75) is 56.4 Å². The number of hydrogen-bond acceptors (Lipinski definition) is 2. The van der Waals surface area contributed by atoms with Crippen molar-refractivity contribution in [2.75, 3.05) is 13.2 Å². The predicted molar refractivity (Wildman–Crippen MR) is 79.8 cm³/mol. The van der Waals surface area contributed by atoms with Crippen LogP contribution in [0.4, 0.5) is 0 Å². The van der Waals surface area contributed by atoms with Gasteiger partial charge < -0.3 is 9.47 Å². The third-order valence-electron chi connectivity index (χ3n) is 0.880. The third-order valence-corrected chi connectivity index (χ3v) is 0.880. The molecule has 0 spiro atoms. The molecule has 0 aromatic carbocycles. The SMILES string of the molecule is C.C.C.C.C=COCCC.C=COCCC. The van der Waals surface area contributed by atoms with E-state index in [4.69, 9.17) is 9.47 Å². The van der Waals surface area contributed by atoms with Gasteiger partial charge in [-0.25, -0.2) is 0 Å². The standard InChI is InChI=1S/2C5H10O.4CH4/c2*1-3-5-6-4-2;;;;/h2*4H,2-3,5H2,1H3;4*1H4. The molecule has 0 amide bonds. The van der Waals surface area contributed by atoms with Crippen LogP contribution in [0.3, 0.4) is 0 Å². The highest BCUT2D eigenvalue weighted by atomic mass is 16.5. The summed E-state index contributed by atoms with van der Waals surface area (Å²) in [5.74, 6) is 0. The second-order valence-corrected chi connectivity index (χ2v) is 2.07. The van der Waals surface area contributed by atoms with E-state index < -0.39 is 0 Å². The van der Waals surface area contributed by atoms with Gasteiger partial charge in [-0.2, -0.15) is 0 Å². The Morgan fingerprint density at radius 2 is 1.00 bits per heavy atom. The zero-order chi connectivity index (χ0) is 9.66.